The quantitative estimate of drug-likeness (QED) is 0.654. The van der Waals surface area contributed by atoms with Crippen molar-refractivity contribution < 1.29 is 4.42 Å². The smallest absolute Gasteiger partial charge is 0.330 e. The number of thioether (sulfide) groups is 1. The molecule has 1 atom stereocenters. The van der Waals surface area contributed by atoms with Gasteiger partial charge in [0.25, 0.3) is 5.56 Å². The number of fused-ring (bicyclic) bond motifs is 3. The first kappa shape index (κ1) is 18.1. The van der Waals surface area contributed by atoms with Gasteiger partial charge in [-0.1, -0.05) is 30.3 Å². The van der Waals surface area contributed by atoms with E-state index < -0.39 is 0 Å². The zero-order chi connectivity index (χ0) is 20.3. The Kier molecular flexibility index (Phi) is 4.10. The molecule has 1 aromatic carbocycles. The second kappa shape index (κ2) is 6.56. The van der Waals surface area contributed by atoms with E-state index in [1.54, 1.807) is 30.4 Å². The molecule has 2 aliphatic rings. The van der Waals surface area contributed by atoms with Gasteiger partial charge in [0.05, 0.1) is 27.9 Å². The van der Waals surface area contributed by atoms with Crippen molar-refractivity contribution in [3.63, 3.8) is 0 Å². The summed E-state index contributed by atoms with van der Waals surface area (Å²) in [6, 6.07) is 13.7. The van der Waals surface area contributed by atoms with Gasteiger partial charge in [0, 0.05) is 26.4 Å². The summed E-state index contributed by atoms with van der Waals surface area (Å²) in [4.78, 5) is 29.3. The highest BCUT2D eigenvalue weighted by Gasteiger charge is 2.43. The lowest BCUT2D eigenvalue weighted by atomic mass is 10.0. The van der Waals surface area contributed by atoms with Crippen molar-refractivity contribution in [2.45, 2.75) is 13.0 Å². The summed E-state index contributed by atoms with van der Waals surface area (Å²) in [7, 11) is 3.29. The van der Waals surface area contributed by atoms with E-state index in [0.717, 1.165) is 40.0 Å². The number of benzene rings is 1. The van der Waals surface area contributed by atoms with Crippen LogP contribution in [0.1, 0.15) is 34.4 Å². The van der Waals surface area contributed by atoms with Crippen LogP contribution < -0.4 is 11.2 Å². The average Bonchev–Trinajstić information content (AvgIpc) is 3.32. The van der Waals surface area contributed by atoms with Crippen molar-refractivity contribution in [3.8, 4) is 0 Å². The van der Waals surface area contributed by atoms with Gasteiger partial charge in [0.15, 0.2) is 0 Å². The molecule has 6 nitrogen and oxygen atoms in total. The van der Waals surface area contributed by atoms with Crippen molar-refractivity contribution in [1.29, 1.82) is 0 Å². The van der Waals surface area contributed by atoms with Crippen LogP contribution in [0.3, 0.4) is 0 Å². The van der Waals surface area contributed by atoms with Crippen molar-refractivity contribution >= 4 is 22.4 Å². The Morgan fingerprint density at radius 2 is 1.79 bits per heavy atom. The molecule has 0 spiro atoms. The van der Waals surface area contributed by atoms with Crippen LogP contribution in [0.5, 0.6) is 0 Å². The van der Waals surface area contributed by atoms with Gasteiger partial charge in [-0.2, -0.15) is 0 Å². The summed E-state index contributed by atoms with van der Waals surface area (Å²) in [5.41, 5.74) is 2.75. The summed E-state index contributed by atoms with van der Waals surface area (Å²) >= 11 is 1.71. The Bertz CT molecular complexity index is 1270. The van der Waals surface area contributed by atoms with Crippen LogP contribution in [-0.4, -0.2) is 26.3 Å². The number of hydrogen-bond donors (Lipinski definition) is 0. The molecule has 0 saturated carbocycles. The van der Waals surface area contributed by atoms with E-state index in [0.29, 0.717) is 11.3 Å². The molecule has 148 valence electrons. The first-order chi connectivity index (χ1) is 14.0. The predicted octanol–water partition coefficient (Wildman–Crippen LogP) is 2.96. The van der Waals surface area contributed by atoms with Gasteiger partial charge in [-0.3, -0.25) is 13.9 Å². The predicted molar refractivity (Wildman–Crippen MR) is 115 cm³/mol. The summed E-state index contributed by atoms with van der Waals surface area (Å²) in [6.07, 6.45) is 0. The van der Waals surface area contributed by atoms with Crippen molar-refractivity contribution in [2.75, 3.05) is 12.3 Å². The summed E-state index contributed by atoms with van der Waals surface area (Å²) < 4.78 is 8.74. The van der Waals surface area contributed by atoms with E-state index in [4.69, 9.17) is 4.42 Å². The summed E-state index contributed by atoms with van der Waals surface area (Å²) in [5.74, 6) is 2.49. The molecule has 2 aliphatic heterocycles. The van der Waals surface area contributed by atoms with Crippen LogP contribution >= 0.6 is 11.8 Å². The Balaban J connectivity index is 1.89. The van der Waals surface area contributed by atoms with E-state index >= 15 is 0 Å². The fourth-order valence-corrected chi connectivity index (χ4v) is 5.44. The maximum atomic E-state index is 13.3. The van der Waals surface area contributed by atoms with E-state index in [1.165, 1.54) is 4.57 Å². The average molecular weight is 407 g/mol. The zero-order valence-corrected chi connectivity index (χ0v) is 17.3. The maximum Gasteiger partial charge on any atom is 0.330 e. The van der Waals surface area contributed by atoms with Crippen LogP contribution in [0.15, 0.2) is 56.5 Å². The van der Waals surface area contributed by atoms with Crippen LogP contribution in [0.4, 0.5) is 0 Å². The van der Waals surface area contributed by atoms with Gasteiger partial charge in [0.2, 0.25) is 0 Å². The molecular formula is C22H21N3O3S. The van der Waals surface area contributed by atoms with Gasteiger partial charge in [-0.15, -0.1) is 11.8 Å². The largest absolute Gasteiger partial charge is 0.461 e. The second-order valence-electron chi connectivity index (χ2n) is 7.41. The number of furan rings is 1. The molecule has 5 rings (SSSR count). The highest BCUT2D eigenvalue weighted by Crippen LogP contribution is 2.51. The van der Waals surface area contributed by atoms with Crippen molar-refractivity contribution in [2.24, 2.45) is 14.1 Å². The van der Waals surface area contributed by atoms with Crippen molar-refractivity contribution in [3.05, 3.63) is 91.6 Å². The number of aryl methyl sites for hydroxylation is 1. The van der Waals surface area contributed by atoms with Gasteiger partial charge in [-0.25, -0.2) is 4.79 Å². The van der Waals surface area contributed by atoms with Gasteiger partial charge < -0.3 is 9.32 Å². The topological polar surface area (TPSA) is 60.4 Å². The Morgan fingerprint density at radius 1 is 1.03 bits per heavy atom. The van der Waals surface area contributed by atoms with E-state index in [2.05, 4.69) is 4.90 Å². The monoisotopic (exact) mass is 407 g/mol. The lowest BCUT2D eigenvalue weighted by Gasteiger charge is -2.32. The minimum absolute atomic E-state index is 0.223. The number of aromatic nitrogens is 2. The molecule has 0 fully saturated rings. The minimum Gasteiger partial charge on any atom is -0.461 e. The number of nitrogens with zero attached hydrogens (tertiary/aromatic N) is 3. The maximum absolute atomic E-state index is 13.3. The molecule has 0 amide bonds. The zero-order valence-electron chi connectivity index (χ0n) is 16.5. The highest BCUT2D eigenvalue weighted by atomic mass is 32.2. The van der Waals surface area contributed by atoms with E-state index in [1.807, 2.05) is 49.4 Å². The van der Waals surface area contributed by atoms with E-state index in [-0.39, 0.29) is 17.3 Å². The van der Waals surface area contributed by atoms with E-state index in [9.17, 15) is 9.59 Å². The highest BCUT2D eigenvalue weighted by molar-refractivity contribution is 8.08. The van der Waals surface area contributed by atoms with Crippen LogP contribution in [-0.2, 0) is 14.1 Å². The molecule has 1 unspecified atom stereocenters. The van der Waals surface area contributed by atoms with Crippen LogP contribution in [0, 0.1) is 6.92 Å². The fourth-order valence-electron chi connectivity index (χ4n) is 4.34. The molecule has 0 radical (unpaired) electrons. The standard InChI is InChI=1S/C22H21N3O3S/c1-13-9-10-15(28-13)20-19-18-16(21(26)24(3)22(27)23(18)2)17(25(19)11-12-29-20)14-7-5-4-6-8-14/h4-10,17H,11-12H2,1-3H3. The van der Waals surface area contributed by atoms with Crippen LogP contribution in [0.2, 0.25) is 0 Å². The third-order valence-corrected chi connectivity index (χ3v) is 6.74. The lowest BCUT2D eigenvalue weighted by molar-refractivity contribution is 0.373. The Labute approximate surface area is 172 Å². The van der Waals surface area contributed by atoms with Crippen molar-refractivity contribution in [1.82, 2.24) is 14.0 Å². The fraction of sp³-hybridized carbons (Fsp3) is 0.273. The molecule has 3 aromatic rings. The summed E-state index contributed by atoms with van der Waals surface area (Å²) in [5, 5.41) is 0. The molecule has 7 heteroatoms. The normalized spacial score (nSPS) is 18.2. The molecule has 4 heterocycles. The van der Waals surface area contributed by atoms with Gasteiger partial charge in [0.1, 0.15) is 11.5 Å². The third-order valence-electron chi connectivity index (χ3n) is 5.67. The molecule has 0 N–H and O–H groups in total. The Morgan fingerprint density at radius 3 is 2.48 bits per heavy atom. The molecular weight excluding hydrogens is 386 g/mol. The molecule has 29 heavy (non-hydrogen) atoms. The first-order valence-corrected chi connectivity index (χ1v) is 10.5. The first-order valence-electron chi connectivity index (χ1n) is 9.54. The minimum atomic E-state index is -0.319. The van der Waals surface area contributed by atoms with Crippen LogP contribution in [0.25, 0.3) is 10.6 Å². The molecule has 0 aliphatic carbocycles. The SMILES string of the molecule is Cc1ccc(C2=C3c4c(c(=O)n(C)c(=O)n4C)C(c4ccccc4)N3CCS2)o1. The molecule has 0 saturated heterocycles. The van der Waals surface area contributed by atoms with Gasteiger partial charge in [-0.05, 0) is 24.6 Å². The number of rotatable bonds is 2. The van der Waals surface area contributed by atoms with Gasteiger partial charge >= 0.3 is 5.69 Å². The Hall–Kier alpha value is -2.93. The molecule has 2 aromatic heterocycles. The third kappa shape index (κ3) is 2.57. The molecule has 0 bridgehead atoms. The lowest BCUT2D eigenvalue weighted by Crippen LogP contribution is -2.40. The summed E-state index contributed by atoms with van der Waals surface area (Å²) in [6.45, 7) is 2.70. The number of hydrogen-bond acceptors (Lipinski definition) is 5. The second-order valence-corrected chi connectivity index (χ2v) is 8.52.